The minimum absolute atomic E-state index is 0. The number of carbonyl (C=O) groups excluding carboxylic acids is 2. The van der Waals surface area contributed by atoms with Crippen molar-refractivity contribution in [3.63, 3.8) is 0 Å². The molecule has 6 rings (SSSR count). The minimum atomic E-state index is -0.483. The zero-order valence-electron chi connectivity index (χ0n) is 35.7. The number of fused-ring (bicyclic) bond motifs is 2. The number of aryl methyl sites for hydroxylation is 2. The first kappa shape index (κ1) is 54.0. The van der Waals surface area contributed by atoms with Crippen molar-refractivity contribution in [2.75, 3.05) is 50.3 Å². The van der Waals surface area contributed by atoms with Crippen molar-refractivity contribution in [1.29, 1.82) is 0 Å². The lowest BCUT2D eigenvalue weighted by Gasteiger charge is -2.15. The standard InChI is InChI=1S/2C21H24N4O4.3ClH.H2O/c2*1-5-27-16-11-14-19(25-17-9-8-10-18(24-17)28-6-2)15(21(26)29-7-3)12-22-20(14)23-13(16)4;;;;/h2*8-12H,5-7H2,1-4H3,(H,22,23,24,25);3*1H;1H2. The highest BCUT2D eigenvalue weighted by Crippen LogP contribution is 2.34. The van der Waals surface area contributed by atoms with Gasteiger partial charge in [-0.1, -0.05) is 12.1 Å². The highest BCUT2D eigenvalue weighted by Gasteiger charge is 2.21. The van der Waals surface area contributed by atoms with E-state index >= 15 is 0 Å². The predicted molar refractivity (Wildman–Crippen MR) is 246 cm³/mol. The van der Waals surface area contributed by atoms with E-state index in [0.29, 0.717) is 94.8 Å². The minimum Gasteiger partial charge on any atom is -0.492 e. The Balaban J connectivity index is 0.000000582. The van der Waals surface area contributed by atoms with Gasteiger partial charge in [0.1, 0.15) is 34.3 Å². The quantitative estimate of drug-likeness (QED) is 0.0868. The summed E-state index contributed by atoms with van der Waals surface area (Å²) in [5.41, 5.74) is 4.00. The normalized spacial score (nSPS) is 9.94. The number of esters is 2. The van der Waals surface area contributed by atoms with Crippen LogP contribution in [0.15, 0.2) is 60.9 Å². The van der Waals surface area contributed by atoms with Gasteiger partial charge in [0.25, 0.3) is 0 Å². The van der Waals surface area contributed by atoms with E-state index in [1.165, 1.54) is 12.4 Å². The molecule has 0 aromatic carbocycles. The zero-order chi connectivity index (χ0) is 41.6. The fourth-order valence-corrected chi connectivity index (χ4v) is 5.67. The molecule has 20 heteroatoms. The lowest BCUT2D eigenvalue weighted by Crippen LogP contribution is -2.10. The number of nitrogens with one attached hydrogen (secondary N) is 2. The zero-order valence-corrected chi connectivity index (χ0v) is 38.1. The number of ether oxygens (including phenoxy) is 6. The third-order valence-corrected chi connectivity index (χ3v) is 8.13. The molecular formula is C42H53Cl3N8O9. The van der Waals surface area contributed by atoms with Gasteiger partial charge in [-0.25, -0.2) is 29.5 Å². The van der Waals surface area contributed by atoms with Crippen molar-refractivity contribution < 1.29 is 43.5 Å². The average Bonchev–Trinajstić information content (AvgIpc) is 3.20. The number of aromatic nitrogens is 6. The Bertz CT molecular complexity index is 2230. The molecule has 0 unspecified atom stereocenters. The Labute approximate surface area is 378 Å². The summed E-state index contributed by atoms with van der Waals surface area (Å²) < 4.78 is 32.7. The molecule has 0 bridgehead atoms. The monoisotopic (exact) mass is 918 g/mol. The number of rotatable bonds is 16. The highest BCUT2D eigenvalue weighted by molar-refractivity contribution is 6.06. The summed E-state index contributed by atoms with van der Waals surface area (Å²) in [6.07, 6.45) is 2.92. The first-order chi connectivity index (χ1) is 28.1. The van der Waals surface area contributed by atoms with Crippen molar-refractivity contribution in [2.24, 2.45) is 0 Å². The molecule has 0 aliphatic carbocycles. The van der Waals surface area contributed by atoms with Crippen LogP contribution in [-0.4, -0.2) is 87.0 Å². The molecule has 6 heterocycles. The maximum Gasteiger partial charge on any atom is 0.341 e. The molecule has 0 spiro atoms. The van der Waals surface area contributed by atoms with E-state index in [9.17, 15) is 9.59 Å². The molecular weight excluding hydrogens is 867 g/mol. The molecule has 0 radical (unpaired) electrons. The molecule has 0 saturated heterocycles. The molecule has 4 N–H and O–H groups in total. The second-order valence-electron chi connectivity index (χ2n) is 12.1. The second-order valence-corrected chi connectivity index (χ2v) is 12.1. The summed E-state index contributed by atoms with van der Waals surface area (Å²) in [6, 6.07) is 14.4. The third kappa shape index (κ3) is 13.5. The van der Waals surface area contributed by atoms with E-state index in [1.54, 1.807) is 38.1 Å². The van der Waals surface area contributed by atoms with Gasteiger partial charge in [0.05, 0.1) is 62.4 Å². The summed E-state index contributed by atoms with van der Waals surface area (Å²) in [5, 5.41) is 7.70. The van der Waals surface area contributed by atoms with E-state index in [0.717, 1.165) is 11.4 Å². The van der Waals surface area contributed by atoms with E-state index in [4.69, 9.17) is 28.4 Å². The van der Waals surface area contributed by atoms with Gasteiger partial charge in [0.15, 0.2) is 11.3 Å². The number of carbonyl (C=O) groups is 2. The maximum absolute atomic E-state index is 12.5. The van der Waals surface area contributed by atoms with Crippen LogP contribution in [-0.2, 0) is 9.47 Å². The van der Waals surface area contributed by atoms with E-state index in [1.807, 2.05) is 65.8 Å². The third-order valence-electron chi connectivity index (χ3n) is 8.13. The largest absolute Gasteiger partial charge is 0.492 e. The van der Waals surface area contributed by atoms with E-state index in [-0.39, 0.29) is 67.0 Å². The maximum atomic E-state index is 12.5. The Hall–Kier alpha value is -6.01. The molecule has 0 saturated carbocycles. The first-order valence-electron chi connectivity index (χ1n) is 19.1. The molecule has 62 heavy (non-hydrogen) atoms. The molecule has 0 atom stereocenters. The van der Waals surface area contributed by atoms with Gasteiger partial charge in [-0.05, 0) is 79.7 Å². The van der Waals surface area contributed by atoms with E-state index < -0.39 is 11.9 Å². The molecule has 0 aliphatic rings. The Morgan fingerprint density at radius 1 is 0.532 bits per heavy atom. The average molecular weight is 920 g/mol. The number of hydrogen-bond acceptors (Lipinski definition) is 16. The van der Waals surface area contributed by atoms with Crippen LogP contribution in [0.3, 0.4) is 0 Å². The van der Waals surface area contributed by atoms with Crippen LogP contribution in [0.2, 0.25) is 0 Å². The van der Waals surface area contributed by atoms with Crippen LogP contribution in [0.1, 0.15) is 73.6 Å². The van der Waals surface area contributed by atoms with E-state index in [2.05, 4.69) is 40.5 Å². The number of hydrogen-bond donors (Lipinski definition) is 2. The molecule has 0 amide bonds. The van der Waals surface area contributed by atoms with Crippen LogP contribution < -0.4 is 29.6 Å². The molecule has 336 valence electrons. The second kappa shape index (κ2) is 26.4. The Morgan fingerprint density at radius 2 is 0.903 bits per heavy atom. The molecule has 6 aromatic rings. The van der Waals surface area contributed by atoms with Gasteiger partial charge >= 0.3 is 11.9 Å². The fraction of sp³-hybridized carbons (Fsp3) is 0.333. The topological polar surface area (TPSA) is 222 Å². The number of pyridine rings is 6. The van der Waals surface area contributed by atoms with Gasteiger partial charge in [-0.15, -0.1) is 37.2 Å². The highest BCUT2D eigenvalue weighted by atomic mass is 35.5. The number of halogens is 3. The van der Waals surface area contributed by atoms with Crippen LogP contribution >= 0.6 is 37.2 Å². The van der Waals surface area contributed by atoms with Crippen LogP contribution in [0.5, 0.6) is 23.3 Å². The van der Waals surface area contributed by atoms with Crippen molar-refractivity contribution >= 4 is 94.2 Å². The summed E-state index contributed by atoms with van der Waals surface area (Å²) in [7, 11) is 0. The Morgan fingerprint density at radius 3 is 1.24 bits per heavy atom. The Kier molecular flexibility index (Phi) is 23.0. The molecule has 0 aliphatic heterocycles. The van der Waals surface area contributed by atoms with Crippen LogP contribution in [0.25, 0.3) is 22.1 Å². The van der Waals surface area contributed by atoms with Gasteiger partial charge in [-0.3, -0.25) is 0 Å². The first-order valence-corrected chi connectivity index (χ1v) is 19.1. The van der Waals surface area contributed by atoms with Crippen LogP contribution in [0.4, 0.5) is 23.0 Å². The molecule has 0 fully saturated rings. The van der Waals surface area contributed by atoms with Crippen LogP contribution in [0, 0.1) is 13.8 Å². The SMILES string of the molecule is CCOC(=O)c1cnc2nc(C)c(OCC)cc2c1Nc1cccc(OCC)n1.CCOC(=O)c1cnc2nc(C)c(OCC)cc2c1Nc1cccc(OCC)n1.Cl.Cl.Cl.O. The van der Waals surface area contributed by atoms with Crippen molar-refractivity contribution in [3.05, 3.63) is 83.4 Å². The van der Waals surface area contributed by atoms with Crippen molar-refractivity contribution in [1.82, 2.24) is 29.9 Å². The van der Waals surface area contributed by atoms with Gasteiger partial charge in [0.2, 0.25) is 11.8 Å². The summed E-state index contributed by atoms with van der Waals surface area (Å²) in [5.74, 6) is 2.30. The summed E-state index contributed by atoms with van der Waals surface area (Å²) in [6.45, 7) is 17.3. The number of anilines is 4. The molecule has 17 nitrogen and oxygen atoms in total. The number of nitrogens with zero attached hydrogens (tertiary/aromatic N) is 6. The van der Waals surface area contributed by atoms with Gasteiger partial charge in [0, 0.05) is 35.3 Å². The lowest BCUT2D eigenvalue weighted by molar-refractivity contribution is 0.0517. The predicted octanol–water partition coefficient (Wildman–Crippen LogP) is 8.54. The van der Waals surface area contributed by atoms with Gasteiger partial charge in [-0.2, -0.15) is 9.97 Å². The smallest absolute Gasteiger partial charge is 0.341 e. The summed E-state index contributed by atoms with van der Waals surface area (Å²) in [4.78, 5) is 51.7. The summed E-state index contributed by atoms with van der Waals surface area (Å²) >= 11 is 0. The lowest BCUT2D eigenvalue weighted by atomic mass is 10.1. The molecule has 6 aromatic heterocycles. The van der Waals surface area contributed by atoms with Crippen molar-refractivity contribution in [2.45, 2.75) is 55.4 Å². The van der Waals surface area contributed by atoms with Gasteiger partial charge < -0.3 is 44.5 Å². The fourth-order valence-electron chi connectivity index (χ4n) is 5.67. The van der Waals surface area contributed by atoms with Crippen molar-refractivity contribution in [3.8, 4) is 23.3 Å².